The predicted octanol–water partition coefficient (Wildman–Crippen LogP) is 0.253. The van der Waals surface area contributed by atoms with Crippen LogP contribution in [0.25, 0.3) is 0 Å². The van der Waals surface area contributed by atoms with Crippen LogP contribution in [-0.2, 0) is 9.84 Å². The normalized spacial score (nSPS) is 10.7. The van der Waals surface area contributed by atoms with Crippen LogP contribution in [0.2, 0.25) is 0 Å². The van der Waals surface area contributed by atoms with E-state index < -0.39 is 21.6 Å². The number of nitrogens with two attached hydrogens (primary N) is 1. The van der Waals surface area contributed by atoms with Crippen LogP contribution >= 0.6 is 0 Å². The Morgan fingerprint density at radius 3 is 2.62 bits per heavy atom. The van der Waals surface area contributed by atoms with Gasteiger partial charge in [-0.2, -0.15) is 0 Å². The van der Waals surface area contributed by atoms with Gasteiger partial charge in [-0.3, -0.25) is 4.79 Å². The maximum absolute atomic E-state index is 13.8. The van der Waals surface area contributed by atoms with Crippen molar-refractivity contribution >= 4 is 15.7 Å². The lowest BCUT2D eigenvalue weighted by Crippen LogP contribution is -2.31. The summed E-state index contributed by atoms with van der Waals surface area (Å²) in [6, 6.07) is 3.93. The first kappa shape index (κ1) is 17.1. The lowest BCUT2D eigenvalue weighted by atomic mass is 10.1. The van der Waals surface area contributed by atoms with Crippen LogP contribution in [-0.4, -0.2) is 51.4 Å². The molecular weight excluding hydrogens is 295 g/mol. The molecule has 0 aromatic heterocycles. The van der Waals surface area contributed by atoms with Crippen LogP contribution in [0.5, 0.6) is 0 Å². The van der Waals surface area contributed by atoms with E-state index in [1.807, 2.05) is 0 Å². The second-order valence-electron chi connectivity index (χ2n) is 4.56. The molecule has 21 heavy (non-hydrogen) atoms. The maximum atomic E-state index is 13.8. The molecule has 7 heteroatoms. The largest absolute Gasteiger partial charge is 0.341 e. The lowest BCUT2D eigenvalue weighted by Gasteiger charge is -2.16. The Morgan fingerprint density at radius 2 is 2.10 bits per heavy atom. The Bertz CT molecular complexity index is 690. The van der Waals surface area contributed by atoms with Crippen molar-refractivity contribution < 1.29 is 17.6 Å². The molecule has 5 nitrogen and oxygen atoms in total. The van der Waals surface area contributed by atoms with Crippen molar-refractivity contribution in [2.75, 3.05) is 32.1 Å². The lowest BCUT2D eigenvalue weighted by molar-refractivity contribution is 0.0803. The highest BCUT2D eigenvalue weighted by atomic mass is 32.2. The summed E-state index contributed by atoms with van der Waals surface area (Å²) < 4.78 is 35.9. The number of halogens is 1. The van der Waals surface area contributed by atoms with Crippen LogP contribution in [0.4, 0.5) is 4.39 Å². The van der Waals surface area contributed by atoms with Gasteiger partial charge in [-0.05, 0) is 18.2 Å². The minimum atomic E-state index is -3.16. The number of carbonyl (C=O) groups is 1. The Morgan fingerprint density at radius 1 is 1.43 bits per heavy atom. The first-order valence-corrected chi connectivity index (χ1v) is 8.22. The molecule has 1 rings (SSSR count). The standard InChI is InChI=1S/C14H17FN2O3S/c1-17(8-9-21(2,19)20)14(18)12-6-5-11(4-3-7-16)13(15)10-12/h5-6,10H,7-9,16H2,1-2H3. The summed E-state index contributed by atoms with van der Waals surface area (Å²) in [5.41, 5.74) is 5.51. The van der Waals surface area contributed by atoms with Gasteiger partial charge in [-0.25, -0.2) is 12.8 Å². The zero-order valence-electron chi connectivity index (χ0n) is 11.9. The van der Waals surface area contributed by atoms with Crippen LogP contribution in [0.3, 0.4) is 0 Å². The minimum absolute atomic E-state index is 0.0496. The van der Waals surface area contributed by atoms with Crippen molar-refractivity contribution in [3.8, 4) is 11.8 Å². The van der Waals surface area contributed by atoms with Gasteiger partial charge in [0.2, 0.25) is 0 Å². The molecule has 0 radical (unpaired) electrons. The van der Waals surface area contributed by atoms with E-state index in [0.717, 1.165) is 12.3 Å². The van der Waals surface area contributed by atoms with Crippen molar-refractivity contribution in [1.82, 2.24) is 4.90 Å². The Hall–Kier alpha value is -1.91. The molecule has 1 aromatic carbocycles. The summed E-state index contributed by atoms with van der Waals surface area (Å²) in [5.74, 6) is 3.89. The molecule has 0 aliphatic carbocycles. The molecule has 0 atom stereocenters. The second kappa shape index (κ2) is 7.20. The van der Waals surface area contributed by atoms with Crippen LogP contribution in [0, 0.1) is 17.7 Å². The first-order valence-electron chi connectivity index (χ1n) is 6.16. The SMILES string of the molecule is CN(CCS(C)(=O)=O)C(=O)c1ccc(C#CCN)c(F)c1. The molecule has 0 heterocycles. The van der Waals surface area contributed by atoms with E-state index in [2.05, 4.69) is 11.8 Å². The molecule has 0 bridgehead atoms. The molecule has 1 amide bonds. The van der Waals surface area contributed by atoms with Gasteiger partial charge in [-0.15, -0.1) is 0 Å². The van der Waals surface area contributed by atoms with E-state index >= 15 is 0 Å². The second-order valence-corrected chi connectivity index (χ2v) is 6.82. The molecule has 0 aliphatic heterocycles. The molecule has 2 N–H and O–H groups in total. The Labute approximate surface area is 123 Å². The third kappa shape index (κ3) is 5.53. The smallest absolute Gasteiger partial charge is 0.253 e. The van der Waals surface area contributed by atoms with Gasteiger partial charge in [0.1, 0.15) is 15.7 Å². The van der Waals surface area contributed by atoms with Crippen molar-refractivity contribution in [2.24, 2.45) is 5.73 Å². The minimum Gasteiger partial charge on any atom is -0.341 e. The van der Waals surface area contributed by atoms with E-state index in [0.29, 0.717) is 0 Å². The Kier molecular flexibility index (Phi) is 5.88. The molecule has 0 saturated carbocycles. The van der Waals surface area contributed by atoms with E-state index in [1.54, 1.807) is 0 Å². The molecule has 0 fully saturated rings. The summed E-state index contributed by atoms with van der Waals surface area (Å²) in [6.07, 6.45) is 1.09. The molecule has 0 unspecified atom stereocenters. The number of nitrogens with zero attached hydrogens (tertiary/aromatic N) is 1. The number of sulfone groups is 1. The first-order chi connectivity index (χ1) is 9.74. The third-order valence-corrected chi connectivity index (χ3v) is 3.61. The predicted molar refractivity (Wildman–Crippen MR) is 79.0 cm³/mol. The van der Waals surface area contributed by atoms with Crippen LogP contribution in [0.1, 0.15) is 15.9 Å². The van der Waals surface area contributed by atoms with E-state index in [4.69, 9.17) is 5.73 Å². The van der Waals surface area contributed by atoms with Crippen molar-refractivity contribution in [3.63, 3.8) is 0 Å². The highest BCUT2D eigenvalue weighted by molar-refractivity contribution is 7.90. The van der Waals surface area contributed by atoms with E-state index in [9.17, 15) is 17.6 Å². The van der Waals surface area contributed by atoms with Crippen molar-refractivity contribution in [1.29, 1.82) is 0 Å². The fourth-order valence-corrected chi connectivity index (χ4v) is 2.13. The molecular formula is C14H17FN2O3S. The molecule has 0 aliphatic rings. The van der Waals surface area contributed by atoms with Gasteiger partial charge in [0.05, 0.1) is 17.9 Å². The van der Waals surface area contributed by atoms with Crippen LogP contribution < -0.4 is 5.73 Å². The Balaban J connectivity index is 2.86. The van der Waals surface area contributed by atoms with Gasteiger partial charge < -0.3 is 10.6 Å². The monoisotopic (exact) mass is 312 g/mol. The highest BCUT2D eigenvalue weighted by Gasteiger charge is 2.15. The topological polar surface area (TPSA) is 80.5 Å². The summed E-state index contributed by atoms with van der Waals surface area (Å²) in [5, 5.41) is 0. The average Bonchev–Trinajstić information content (AvgIpc) is 2.41. The van der Waals surface area contributed by atoms with Gasteiger partial charge in [0.15, 0.2) is 0 Å². The summed E-state index contributed by atoms with van der Waals surface area (Å²) in [7, 11) is -1.69. The van der Waals surface area contributed by atoms with Gasteiger partial charge in [0.25, 0.3) is 5.91 Å². The molecule has 0 spiro atoms. The molecule has 114 valence electrons. The van der Waals surface area contributed by atoms with Crippen molar-refractivity contribution in [2.45, 2.75) is 0 Å². The van der Waals surface area contributed by atoms with Gasteiger partial charge in [0, 0.05) is 25.4 Å². The highest BCUT2D eigenvalue weighted by Crippen LogP contribution is 2.11. The zero-order chi connectivity index (χ0) is 16.0. The van der Waals surface area contributed by atoms with E-state index in [-0.39, 0.29) is 30.0 Å². The number of benzene rings is 1. The summed E-state index contributed by atoms with van der Waals surface area (Å²) in [4.78, 5) is 13.3. The summed E-state index contributed by atoms with van der Waals surface area (Å²) in [6.45, 7) is 0.169. The third-order valence-electron chi connectivity index (χ3n) is 2.69. The fraction of sp³-hybridized carbons (Fsp3) is 0.357. The van der Waals surface area contributed by atoms with Crippen LogP contribution in [0.15, 0.2) is 18.2 Å². The molecule has 1 aromatic rings. The van der Waals surface area contributed by atoms with Gasteiger partial charge in [-0.1, -0.05) is 11.8 Å². The average molecular weight is 312 g/mol. The van der Waals surface area contributed by atoms with Crippen molar-refractivity contribution in [3.05, 3.63) is 35.1 Å². The fourth-order valence-electron chi connectivity index (χ4n) is 1.52. The maximum Gasteiger partial charge on any atom is 0.253 e. The molecule has 0 saturated heterocycles. The quantitative estimate of drug-likeness (QED) is 0.808. The number of hydrogen-bond acceptors (Lipinski definition) is 4. The number of amides is 1. The number of rotatable bonds is 4. The number of carbonyl (C=O) groups excluding carboxylic acids is 1. The van der Waals surface area contributed by atoms with E-state index in [1.165, 1.54) is 24.1 Å². The summed E-state index contributed by atoms with van der Waals surface area (Å²) >= 11 is 0. The number of hydrogen-bond donors (Lipinski definition) is 1. The zero-order valence-corrected chi connectivity index (χ0v) is 12.7. The van der Waals surface area contributed by atoms with Gasteiger partial charge >= 0.3 is 0 Å².